The van der Waals surface area contributed by atoms with Crippen molar-refractivity contribution in [1.82, 2.24) is 4.98 Å². The van der Waals surface area contributed by atoms with Crippen molar-refractivity contribution in [3.8, 4) is 0 Å². The van der Waals surface area contributed by atoms with Crippen LogP contribution in [0, 0.1) is 0 Å². The number of hydrogen-bond donors (Lipinski definition) is 1. The van der Waals surface area contributed by atoms with Crippen molar-refractivity contribution in [1.29, 1.82) is 0 Å². The maximum atomic E-state index is 6.28. The highest BCUT2D eigenvalue weighted by Gasteiger charge is 2.13. The topological polar surface area (TPSA) is 24.9 Å². The highest BCUT2D eigenvalue weighted by atomic mass is 79.9. The number of benzene rings is 1. The van der Waals surface area contributed by atoms with Gasteiger partial charge in [0.15, 0.2) is 0 Å². The first-order valence-corrected chi connectivity index (χ1v) is 7.84. The SMILES string of the molecule is CCCNc1nc2c(Cl)c(Cl)c(Br)cc2cc1CC. The molecule has 2 nitrogen and oxygen atoms in total. The van der Waals surface area contributed by atoms with Crippen LogP contribution in [0.1, 0.15) is 25.8 Å². The lowest BCUT2D eigenvalue weighted by molar-refractivity contribution is 0.962. The largest absolute Gasteiger partial charge is 0.370 e. The second-order valence-corrected chi connectivity index (χ2v) is 5.94. The number of aromatic nitrogens is 1. The minimum Gasteiger partial charge on any atom is -0.370 e. The van der Waals surface area contributed by atoms with Gasteiger partial charge in [0.2, 0.25) is 0 Å². The van der Waals surface area contributed by atoms with Crippen molar-refractivity contribution < 1.29 is 0 Å². The van der Waals surface area contributed by atoms with E-state index < -0.39 is 0 Å². The minimum absolute atomic E-state index is 0.494. The molecule has 1 aromatic heterocycles. The maximum absolute atomic E-state index is 6.28. The first kappa shape index (κ1) is 14.9. The Hall–Kier alpha value is -0.510. The van der Waals surface area contributed by atoms with Crippen LogP contribution < -0.4 is 5.32 Å². The maximum Gasteiger partial charge on any atom is 0.129 e. The summed E-state index contributed by atoms with van der Waals surface area (Å²) < 4.78 is 0.796. The van der Waals surface area contributed by atoms with Gasteiger partial charge in [0.05, 0.1) is 15.6 Å². The van der Waals surface area contributed by atoms with Gasteiger partial charge in [0.1, 0.15) is 5.82 Å². The molecule has 19 heavy (non-hydrogen) atoms. The normalized spacial score (nSPS) is 11.0. The Morgan fingerprint density at radius 2 is 1.95 bits per heavy atom. The van der Waals surface area contributed by atoms with Gasteiger partial charge >= 0.3 is 0 Å². The molecular weight excluding hydrogens is 347 g/mol. The number of nitrogens with zero attached hydrogens (tertiary/aromatic N) is 1. The average molecular weight is 362 g/mol. The zero-order valence-corrected chi connectivity index (χ0v) is 14.0. The van der Waals surface area contributed by atoms with Crippen LogP contribution in [0.25, 0.3) is 10.9 Å². The van der Waals surface area contributed by atoms with E-state index in [1.807, 2.05) is 6.07 Å². The molecule has 0 bridgehead atoms. The third-order valence-corrected chi connectivity index (χ3v) is 4.66. The first-order valence-electron chi connectivity index (χ1n) is 6.29. The van der Waals surface area contributed by atoms with Gasteiger partial charge in [-0.3, -0.25) is 0 Å². The second-order valence-electron chi connectivity index (χ2n) is 4.33. The standard InChI is InChI=1S/C14H15BrCl2N2/c1-3-5-18-14-8(4-2)6-9-7-10(15)11(16)12(17)13(9)19-14/h6-7H,3-5H2,1-2H3,(H,18,19). The van der Waals surface area contributed by atoms with Gasteiger partial charge < -0.3 is 5.32 Å². The number of fused-ring (bicyclic) bond motifs is 1. The Bertz CT molecular complexity index is 614. The monoisotopic (exact) mass is 360 g/mol. The smallest absolute Gasteiger partial charge is 0.129 e. The molecule has 1 N–H and O–H groups in total. The van der Waals surface area contributed by atoms with Gasteiger partial charge in [-0.15, -0.1) is 0 Å². The zero-order valence-electron chi connectivity index (χ0n) is 10.9. The van der Waals surface area contributed by atoms with Gasteiger partial charge in [-0.1, -0.05) is 37.0 Å². The first-order chi connectivity index (χ1) is 9.08. The van der Waals surface area contributed by atoms with Crippen molar-refractivity contribution >= 4 is 55.9 Å². The Morgan fingerprint density at radius 1 is 1.21 bits per heavy atom. The van der Waals surface area contributed by atoms with E-state index in [4.69, 9.17) is 23.2 Å². The summed E-state index contributed by atoms with van der Waals surface area (Å²) in [5, 5.41) is 5.34. The molecule has 0 fully saturated rings. The molecule has 0 aliphatic rings. The molecule has 0 radical (unpaired) electrons. The molecule has 5 heteroatoms. The molecule has 0 aliphatic carbocycles. The van der Waals surface area contributed by atoms with Crippen LogP contribution in [0.15, 0.2) is 16.6 Å². The number of aryl methyl sites for hydroxylation is 1. The van der Waals surface area contributed by atoms with Crippen molar-refractivity contribution in [2.24, 2.45) is 0 Å². The number of halogens is 3. The number of anilines is 1. The predicted molar refractivity (Wildman–Crippen MR) is 87.6 cm³/mol. The van der Waals surface area contributed by atoms with Crippen LogP contribution in [0.3, 0.4) is 0 Å². The molecule has 1 aromatic carbocycles. The highest BCUT2D eigenvalue weighted by Crippen LogP contribution is 2.37. The summed E-state index contributed by atoms with van der Waals surface area (Å²) in [5.41, 5.74) is 1.93. The van der Waals surface area contributed by atoms with Crippen LogP contribution in [-0.4, -0.2) is 11.5 Å². The molecular formula is C14H15BrCl2N2. The second kappa shape index (κ2) is 6.29. The molecule has 2 aromatic rings. The minimum atomic E-state index is 0.494. The van der Waals surface area contributed by atoms with E-state index in [0.717, 1.165) is 40.6 Å². The lowest BCUT2D eigenvalue weighted by Crippen LogP contribution is -2.05. The van der Waals surface area contributed by atoms with Crippen molar-refractivity contribution in [3.05, 3.63) is 32.2 Å². The van der Waals surface area contributed by atoms with E-state index in [1.165, 1.54) is 5.56 Å². The molecule has 0 atom stereocenters. The molecule has 0 unspecified atom stereocenters. The Balaban J connectivity index is 2.64. The number of pyridine rings is 1. The Labute approximate surface area is 131 Å². The number of hydrogen-bond acceptors (Lipinski definition) is 2. The van der Waals surface area contributed by atoms with Crippen LogP contribution in [0.5, 0.6) is 0 Å². The molecule has 102 valence electrons. The van der Waals surface area contributed by atoms with Crippen LogP contribution in [0.2, 0.25) is 10.0 Å². The molecule has 2 rings (SSSR count). The Kier molecular flexibility index (Phi) is 4.93. The van der Waals surface area contributed by atoms with Crippen molar-refractivity contribution in [3.63, 3.8) is 0 Å². The number of nitrogens with one attached hydrogen (secondary N) is 1. The van der Waals surface area contributed by atoms with Crippen LogP contribution >= 0.6 is 39.1 Å². The van der Waals surface area contributed by atoms with Gasteiger partial charge in [-0.25, -0.2) is 4.98 Å². The summed E-state index contributed by atoms with van der Waals surface area (Å²) in [4.78, 5) is 4.64. The zero-order chi connectivity index (χ0) is 14.0. The van der Waals surface area contributed by atoms with E-state index in [1.54, 1.807) is 0 Å². The summed E-state index contributed by atoms with van der Waals surface area (Å²) in [7, 11) is 0. The molecule has 0 saturated heterocycles. The fourth-order valence-electron chi connectivity index (χ4n) is 1.93. The molecule has 0 amide bonds. The lowest BCUT2D eigenvalue weighted by atomic mass is 10.1. The van der Waals surface area contributed by atoms with Crippen LogP contribution in [0.4, 0.5) is 5.82 Å². The molecule has 0 spiro atoms. The fourth-order valence-corrected chi connectivity index (χ4v) is 2.89. The van der Waals surface area contributed by atoms with Gasteiger partial charge in [0, 0.05) is 16.4 Å². The summed E-state index contributed by atoms with van der Waals surface area (Å²) >= 11 is 15.8. The molecule has 0 saturated carbocycles. The Morgan fingerprint density at radius 3 is 2.58 bits per heavy atom. The van der Waals surface area contributed by atoms with Crippen molar-refractivity contribution in [2.75, 3.05) is 11.9 Å². The lowest BCUT2D eigenvalue weighted by Gasteiger charge is -2.12. The van der Waals surface area contributed by atoms with Gasteiger partial charge in [-0.2, -0.15) is 0 Å². The average Bonchev–Trinajstić information content (AvgIpc) is 2.42. The van der Waals surface area contributed by atoms with E-state index in [0.29, 0.717) is 10.0 Å². The van der Waals surface area contributed by atoms with Gasteiger partial charge in [0.25, 0.3) is 0 Å². The van der Waals surface area contributed by atoms with E-state index in [2.05, 4.69) is 46.1 Å². The summed E-state index contributed by atoms with van der Waals surface area (Å²) in [6.07, 6.45) is 1.98. The number of rotatable bonds is 4. The molecule has 1 heterocycles. The third-order valence-electron chi connectivity index (χ3n) is 2.95. The van der Waals surface area contributed by atoms with Crippen molar-refractivity contribution in [2.45, 2.75) is 26.7 Å². The van der Waals surface area contributed by atoms with E-state index >= 15 is 0 Å². The summed E-state index contributed by atoms with van der Waals surface area (Å²) in [6, 6.07) is 4.08. The van der Waals surface area contributed by atoms with E-state index in [9.17, 15) is 0 Å². The molecule has 0 aliphatic heterocycles. The van der Waals surface area contributed by atoms with Gasteiger partial charge in [-0.05, 0) is 46.5 Å². The third kappa shape index (κ3) is 2.99. The summed E-state index contributed by atoms with van der Waals surface area (Å²) in [6.45, 7) is 5.14. The summed E-state index contributed by atoms with van der Waals surface area (Å²) in [5.74, 6) is 0.900. The quantitative estimate of drug-likeness (QED) is 0.707. The highest BCUT2D eigenvalue weighted by molar-refractivity contribution is 9.10. The fraction of sp³-hybridized carbons (Fsp3) is 0.357. The van der Waals surface area contributed by atoms with E-state index in [-0.39, 0.29) is 0 Å². The van der Waals surface area contributed by atoms with Crippen LogP contribution in [-0.2, 0) is 6.42 Å². The predicted octanol–water partition coefficient (Wildman–Crippen LogP) is 5.69.